The average Bonchev–Trinajstić information content (AvgIpc) is 2.16. The maximum Gasteiger partial charge on any atom is 0.237 e. The molecule has 0 spiro atoms. The summed E-state index contributed by atoms with van der Waals surface area (Å²) < 4.78 is 30.7. The molecule has 4 nitrogen and oxygen atoms in total. The number of primary amides is 1. The second-order valence-electron chi connectivity index (χ2n) is 2.87. The minimum absolute atomic E-state index is 0.368. The van der Waals surface area contributed by atoms with Gasteiger partial charge in [-0.05, 0) is 12.1 Å². The molecular weight excluding hydrogens is 206 g/mol. The number of nitrogens with two attached hydrogens (primary N) is 2. The number of hydrogen-bond acceptors (Lipinski definition) is 3. The van der Waals surface area contributed by atoms with Crippen LogP contribution >= 0.6 is 0 Å². The largest absolute Gasteiger partial charge is 0.485 e. The van der Waals surface area contributed by atoms with E-state index in [2.05, 4.69) is 0 Å². The van der Waals surface area contributed by atoms with Crippen molar-refractivity contribution in [1.82, 2.24) is 0 Å². The highest BCUT2D eigenvalue weighted by atomic mass is 19.1. The van der Waals surface area contributed by atoms with Crippen molar-refractivity contribution in [2.75, 3.05) is 6.61 Å². The monoisotopic (exact) mass is 216 g/mol. The van der Waals surface area contributed by atoms with Crippen molar-refractivity contribution >= 4 is 5.91 Å². The zero-order chi connectivity index (χ0) is 11.4. The second kappa shape index (κ2) is 4.70. The van der Waals surface area contributed by atoms with E-state index in [9.17, 15) is 13.6 Å². The van der Waals surface area contributed by atoms with Crippen molar-refractivity contribution in [1.29, 1.82) is 0 Å². The fourth-order valence-electron chi connectivity index (χ4n) is 0.876. The van der Waals surface area contributed by atoms with Crippen LogP contribution in [-0.2, 0) is 4.79 Å². The van der Waals surface area contributed by atoms with Crippen LogP contribution in [0.4, 0.5) is 8.78 Å². The molecule has 1 aromatic carbocycles. The van der Waals surface area contributed by atoms with Crippen molar-refractivity contribution < 1.29 is 18.3 Å². The van der Waals surface area contributed by atoms with Gasteiger partial charge >= 0.3 is 0 Å². The molecule has 0 aliphatic rings. The van der Waals surface area contributed by atoms with Gasteiger partial charge in [-0.3, -0.25) is 4.79 Å². The normalized spacial score (nSPS) is 12.2. The summed E-state index contributed by atoms with van der Waals surface area (Å²) in [4.78, 5) is 10.5. The molecular formula is C9H10F2N2O2. The highest BCUT2D eigenvalue weighted by Crippen LogP contribution is 2.20. The van der Waals surface area contributed by atoms with Gasteiger partial charge in [-0.15, -0.1) is 0 Å². The SMILES string of the molecule is NC(=O)C(N)COc1c(F)cccc1F. The van der Waals surface area contributed by atoms with E-state index in [1.807, 2.05) is 0 Å². The predicted molar refractivity (Wildman–Crippen MR) is 49.0 cm³/mol. The van der Waals surface area contributed by atoms with Crippen LogP contribution in [0.3, 0.4) is 0 Å². The first-order chi connectivity index (χ1) is 7.02. The number of rotatable bonds is 4. The third kappa shape index (κ3) is 2.88. The van der Waals surface area contributed by atoms with Gasteiger partial charge in [0.15, 0.2) is 17.4 Å². The minimum Gasteiger partial charge on any atom is -0.485 e. The molecule has 0 bridgehead atoms. The fourth-order valence-corrected chi connectivity index (χ4v) is 0.876. The van der Waals surface area contributed by atoms with Gasteiger partial charge in [-0.1, -0.05) is 6.07 Å². The average molecular weight is 216 g/mol. The molecule has 0 heterocycles. The Kier molecular flexibility index (Phi) is 3.56. The van der Waals surface area contributed by atoms with Gasteiger partial charge in [0.1, 0.15) is 12.6 Å². The highest BCUT2D eigenvalue weighted by molar-refractivity contribution is 5.79. The van der Waals surface area contributed by atoms with Crippen LogP contribution in [-0.4, -0.2) is 18.6 Å². The zero-order valence-corrected chi connectivity index (χ0v) is 7.74. The van der Waals surface area contributed by atoms with Crippen LogP contribution < -0.4 is 16.2 Å². The molecule has 1 aromatic rings. The molecule has 82 valence electrons. The smallest absolute Gasteiger partial charge is 0.237 e. The maximum absolute atomic E-state index is 13.0. The van der Waals surface area contributed by atoms with Gasteiger partial charge in [-0.2, -0.15) is 0 Å². The Bertz CT molecular complexity index is 351. The molecule has 1 amide bonds. The second-order valence-corrected chi connectivity index (χ2v) is 2.87. The quantitative estimate of drug-likeness (QED) is 0.752. The molecule has 6 heteroatoms. The van der Waals surface area contributed by atoms with Crippen molar-refractivity contribution in [2.45, 2.75) is 6.04 Å². The Hall–Kier alpha value is -1.69. The first kappa shape index (κ1) is 11.4. The first-order valence-corrected chi connectivity index (χ1v) is 4.14. The van der Waals surface area contributed by atoms with Crippen LogP contribution in [0.5, 0.6) is 5.75 Å². The fraction of sp³-hybridized carbons (Fsp3) is 0.222. The van der Waals surface area contributed by atoms with Crippen LogP contribution in [0, 0.1) is 11.6 Å². The number of para-hydroxylation sites is 1. The van der Waals surface area contributed by atoms with E-state index in [-0.39, 0.29) is 6.61 Å². The van der Waals surface area contributed by atoms with Crippen molar-refractivity contribution in [3.63, 3.8) is 0 Å². The lowest BCUT2D eigenvalue weighted by Crippen LogP contribution is -2.41. The van der Waals surface area contributed by atoms with Gasteiger partial charge in [0, 0.05) is 0 Å². The molecule has 0 aliphatic heterocycles. The summed E-state index contributed by atoms with van der Waals surface area (Å²) in [5.41, 5.74) is 10.1. The van der Waals surface area contributed by atoms with Gasteiger partial charge in [0.25, 0.3) is 0 Å². The number of hydrogen-bond donors (Lipinski definition) is 2. The first-order valence-electron chi connectivity index (χ1n) is 4.14. The third-order valence-corrected chi connectivity index (χ3v) is 1.69. The van der Waals surface area contributed by atoms with E-state index < -0.39 is 29.3 Å². The van der Waals surface area contributed by atoms with E-state index in [0.29, 0.717) is 0 Å². The van der Waals surface area contributed by atoms with Crippen LogP contribution in [0.15, 0.2) is 18.2 Å². The molecule has 0 fully saturated rings. The summed E-state index contributed by atoms with van der Waals surface area (Å²) in [6.45, 7) is -0.368. The molecule has 0 aliphatic carbocycles. The number of benzene rings is 1. The van der Waals surface area contributed by atoms with Gasteiger partial charge in [0.05, 0.1) is 0 Å². The van der Waals surface area contributed by atoms with E-state index >= 15 is 0 Å². The molecule has 0 radical (unpaired) electrons. The van der Waals surface area contributed by atoms with Gasteiger partial charge in [0.2, 0.25) is 5.91 Å². The Morgan fingerprint density at radius 2 is 1.93 bits per heavy atom. The van der Waals surface area contributed by atoms with Crippen LogP contribution in [0.2, 0.25) is 0 Å². The Balaban J connectivity index is 2.69. The molecule has 0 aromatic heterocycles. The lowest BCUT2D eigenvalue weighted by molar-refractivity contribution is -0.119. The predicted octanol–water partition coefficient (Wildman–Crippen LogP) is 0.156. The number of ether oxygens (including phenoxy) is 1. The number of carbonyl (C=O) groups is 1. The summed E-state index contributed by atoms with van der Waals surface area (Å²) in [5.74, 6) is -3.07. The molecule has 1 unspecified atom stereocenters. The Morgan fingerprint density at radius 3 is 2.40 bits per heavy atom. The maximum atomic E-state index is 13.0. The van der Waals surface area contributed by atoms with Crippen molar-refractivity contribution in [3.8, 4) is 5.75 Å². The molecule has 0 saturated heterocycles. The molecule has 15 heavy (non-hydrogen) atoms. The van der Waals surface area contributed by atoms with Crippen molar-refractivity contribution in [2.24, 2.45) is 11.5 Å². The number of halogens is 2. The highest BCUT2D eigenvalue weighted by Gasteiger charge is 2.14. The Labute approximate surface area is 84.8 Å². The standard InChI is InChI=1S/C9H10F2N2O2/c10-5-2-1-3-6(11)8(5)15-4-7(12)9(13)14/h1-3,7H,4,12H2,(H2,13,14). The zero-order valence-electron chi connectivity index (χ0n) is 7.74. The van der Waals surface area contributed by atoms with Crippen LogP contribution in [0.25, 0.3) is 0 Å². The molecule has 4 N–H and O–H groups in total. The lowest BCUT2D eigenvalue weighted by atomic mass is 10.3. The van der Waals surface area contributed by atoms with E-state index in [0.717, 1.165) is 12.1 Å². The summed E-state index contributed by atoms with van der Waals surface area (Å²) in [6, 6.07) is 2.18. The Morgan fingerprint density at radius 1 is 1.40 bits per heavy atom. The van der Waals surface area contributed by atoms with E-state index in [1.165, 1.54) is 6.07 Å². The summed E-state index contributed by atoms with van der Waals surface area (Å²) >= 11 is 0. The molecule has 1 rings (SSSR count). The number of carbonyl (C=O) groups excluding carboxylic acids is 1. The number of amides is 1. The van der Waals surface area contributed by atoms with Crippen molar-refractivity contribution in [3.05, 3.63) is 29.8 Å². The van der Waals surface area contributed by atoms with Gasteiger partial charge < -0.3 is 16.2 Å². The summed E-state index contributed by atoms with van der Waals surface area (Å²) in [7, 11) is 0. The van der Waals surface area contributed by atoms with Gasteiger partial charge in [-0.25, -0.2) is 8.78 Å². The summed E-state index contributed by atoms with van der Waals surface area (Å²) in [6.07, 6.45) is 0. The minimum atomic E-state index is -1.09. The molecule has 0 saturated carbocycles. The van der Waals surface area contributed by atoms with E-state index in [1.54, 1.807) is 0 Å². The summed E-state index contributed by atoms with van der Waals surface area (Å²) in [5, 5.41) is 0. The topological polar surface area (TPSA) is 78.3 Å². The van der Waals surface area contributed by atoms with Crippen LogP contribution in [0.1, 0.15) is 0 Å². The van der Waals surface area contributed by atoms with E-state index in [4.69, 9.17) is 16.2 Å². The molecule has 1 atom stereocenters. The lowest BCUT2D eigenvalue weighted by Gasteiger charge is -2.10. The third-order valence-electron chi connectivity index (χ3n) is 1.69.